The first kappa shape index (κ1) is 21.2. The van der Waals surface area contributed by atoms with Gasteiger partial charge in [0.05, 0.1) is 6.04 Å². The molecule has 154 valence electrons. The molecule has 1 saturated carbocycles. The zero-order valence-electron chi connectivity index (χ0n) is 17.1. The number of rotatable bonds is 3. The number of nitrogens with zero attached hydrogens (tertiary/aromatic N) is 2. The summed E-state index contributed by atoms with van der Waals surface area (Å²) >= 11 is 0. The average Bonchev–Trinajstić information content (AvgIpc) is 3.09. The molecule has 0 aromatic heterocycles. The molecular weight excluding hydrogens is 467 g/mol. The molecule has 0 bridgehead atoms. The summed E-state index contributed by atoms with van der Waals surface area (Å²) in [6.07, 6.45) is 0.972. The molecule has 1 aliphatic heterocycles. The lowest BCUT2D eigenvalue weighted by atomic mass is 10.0. The number of hydrogen-bond donors (Lipinski definition) is 2. The maximum atomic E-state index is 12.0. The van der Waals surface area contributed by atoms with E-state index in [0.717, 1.165) is 24.3 Å². The van der Waals surface area contributed by atoms with E-state index in [4.69, 9.17) is 4.74 Å². The Hall–Kier alpha value is -1.51. The second-order valence-electron chi connectivity index (χ2n) is 8.94. The number of carbonyl (C=O) groups is 1. The van der Waals surface area contributed by atoms with Crippen LogP contribution in [0.15, 0.2) is 29.3 Å². The normalized spacial score (nSPS) is 25.8. The maximum absolute atomic E-state index is 12.0. The molecule has 1 aromatic rings. The molecule has 3 aliphatic rings. The fraction of sp³-hybridized carbons (Fsp3) is 0.619. The number of hydrogen-bond acceptors (Lipinski definition) is 3. The van der Waals surface area contributed by atoms with Gasteiger partial charge in [0.2, 0.25) is 0 Å². The Morgan fingerprint density at radius 2 is 2.00 bits per heavy atom. The summed E-state index contributed by atoms with van der Waals surface area (Å²) in [7, 11) is 1.79. The molecule has 2 N–H and O–H groups in total. The van der Waals surface area contributed by atoms with Crippen molar-refractivity contribution in [1.82, 2.24) is 15.5 Å². The molecular formula is C21H31IN4O2. The molecule has 0 radical (unpaired) electrons. The SMILES string of the molecule is CN=C(NCC1C2Cc3ccccc3C12)NC1CN(C(=O)OC(C)(C)C)C1.I. The van der Waals surface area contributed by atoms with Gasteiger partial charge in [-0.2, -0.15) is 0 Å². The van der Waals surface area contributed by atoms with Crippen LogP contribution in [0.3, 0.4) is 0 Å². The molecule has 1 heterocycles. The van der Waals surface area contributed by atoms with Crippen molar-refractivity contribution in [3.8, 4) is 0 Å². The van der Waals surface area contributed by atoms with Crippen LogP contribution >= 0.6 is 24.0 Å². The van der Waals surface area contributed by atoms with Crippen molar-refractivity contribution in [3.63, 3.8) is 0 Å². The fourth-order valence-corrected chi connectivity index (χ4v) is 4.41. The predicted octanol–water partition coefficient (Wildman–Crippen LogP) is 2.97. The van der Waals surface area contributed by atoms with Gasteiger partial charge in [0, 0.05) is 26.7 Å². The van der Waals surface area contributed by atoms with Gasteiger partial charge in [0.1, 0.15) is 5.60 Å². The average molecular weight is 498 g/mol. The van der Waals surface area contributed by atoms with E-state index in [9.17, 15) is 4.79 Å². The van der Waals surface area contributed by atoms with E-state index in [2.05, 4.69) is 39.9 Å². The first-order valence-electron chi connectivity index (χ1n) is 9.88. The number of aliphatic imine (C=N–C) groups is 1. The summed E-state index contributed by atoms with van der Waals surface area (Å²) in [6, 6.07) is 9.06. The smallest absolute Gasteiger partial charge is 0.410 e. The third kappa shape index (κ3) is 4.39. The van der Waals surface area contributed by atoms with Gasteiger partial charge in [0.25, 0.3) is 0 Å². The van der Waals surface area contributed by atoms with E-state index >= 15 is 0 Å². The van der Waals surface area contributed by atoms with Crippen molar-refractivity contribution in [3.05, 3.63) is 35.4 Å². The molecule has 28 heavy (non-hydrogen) atoms. The summed E-state index contributed by atoms with van der Waals surface area (Å²) in [5, 5.41) is 6.88. The van der Waals surface area contributed by atoms with Crippen molar-refractivity contribution in [1.29, 1.82) is 0 Å². The number of benzene rings is 1. The van der Waals surface area contributed by atoms with Gasteiger partial charge in [-0.05, 0) is 56.1 Å². The number of nitrogens with one attached hydrogen (secondary N) is 2. The molecule has 4 rings (SSSR count). The first-order valence-corrected chi connectivity index (χ1v) is 9.88. The number of halogens is 1. The van der Waals surface area contributed by atoms with Crippen molar-refractivity contribution >= 4 is 36.0 Å². The highest BCUT2D eigenvalue weighted by Crippen LogP contribution is 2.60. The van der Waals surface area contributed by atoms with Gasteiger partial charge in [-0.15, -0.1) is 24.0 Å². The van der Waals surface area contributed by atoms with E-state index in [1.165, 1.54) is 12.0 Å². The van der Waals surface area contributed by atoms with Crippen LogP contribution in [0.5, 0.6) is 0 Å². The summed E-state index contributed by atoms with van der Waals surface area (Å²) in [5.41, 5.74) is 2.63. The van der Waals surface area contributed by atoms with Crippen LogP contribution in [0.1, 0.15) is 37.8 Å². The summed E-state index contributed by atoms with van der Waals surface area (Å²) in [6.45, 7) is 7.91. The summed E-state index contributed by atoms with van der Waals surface area (Å²) in [4.78, 5) is 18.1. The topological polar surface area (TPSA) is 66.0 Å². The lowest BCUT2D eigenvalue weighted by molar-refractivity contribution is 0.00701. The van der Waals surface area contributed by atoms with E-state index < -0.39 is 5.60 Å². The summed E-state index contributed by atoms with van der Waals surface area (Å²) < 4.78 is 5.39. The van der Waals surface area contributed by atoms with Gasteiger partial charge < -0.3 is 20.3 Å². The Labute approximate surface area is 184 Å². The highest BCUT2D eigenvalue weighted by atomic mass is 127. The van der Waals surface area contributed by atoms with Crippen molar-refractivity contribution in [2.75, 3.05) is 26.7 Å². The van der Waals surface area contributed by atoms with Crippen molar-refractivity contribution < 1.29 is 9.53 Å². The minimum atomic E-state index is -0.450. The highest BCUT2D eigenvalue weighted by Gasteiger charge is 2.55. The molecule has 0 spiro atoms. The number of guanidine groups is 1. The van der Waals surface area contributed by atoms with Crippen LogP contribution in [0.4, 0.5) is 4.79 Å². The third-order valence-corrected chi connectivity index (χ3v) is 5.80. The Balaban J connectivity index is 0.00000225. The van der Waals surface area contributed by atoms with E-state index in [1.807, 2.05) is 20.8 Å². The van der Waals surface area contributed by atoms with Crippen LogP contribution < -0.4 is 10.6 Å². The minimum Gasteiger partial charge on any atom is -0.444 e. The maximum Gasteiger partial charge on any atom is 0.410 e. The molecule has 7 heteroatoms. The molecule has 1 saturated heterocycles. The Bertz CT molecular complexity index is 755. The van der Waals surface area contributed by atoms with Crippen LogP contribution in [0, 0.1) is 11.8 Å². The zero-order valence-corrected chi connectivity index (χ0v) is 19.4. The van der Waals surface area contributed by atoms with Gasteiger partial charge >= 0.3 is 6.09 Å². The number of fused-ring (bicyclic) bond motifs is 3. The lowest BCUT2D eigenvalue weighted by Gasteiger charge is -2.40. The molecule has 1 amide bonds. The monoisotopic (exact) mass is 498 g/mol. The van der Waals surface area contributed by atoms with Crippen LogP contribution in [-0.4, -0.2) is 55.3 Å². The Morgan fingerprint density at radius 1 is 1.29 bits per heavy atom. The number of ether oxygens (including phenoxy) is 1. The molecule has 2 aliphatic carbocycles. The van der Waals surface area contributed by atoms with E-state index in [-0.39, 0.29) is 36.1 Å². The lowest BCUT2D eigenvalue weighted by Crippen LogP contribution is -2.63. The molecule has 1 aromatic carbocycles. The minimum absolute atomic E-state index is 0. The molecule has 6 nitrogen and oxygen atoms in total. The fourth-order valence-electron chi connectivity index (χ4n) is 4.41. The first-order chi connectivity index (χ1) is 12.9. The number of amides is 1. The highest BCUT2D eigenvalue weighted by molar-refractivity contribution is 14.0. The quantitative estimate of drug-likeness (QED) is 0.382. The Morgan fingerprint density at radius 3 is 2.68 bits per heavy atom. The van der Waals surface area contributed by atoms with Crippen molar-refractivity contribution in [2.45, 2.75) is 44.8 Å². The number of carbonyl (C=O) groups excluding carboxylic acids is 1. The van der Waals surface area contributed by atoms with Crippen LogP contribution in [-0.2, 0) is 11.2 Å². The largest absolute Gasteiger partial charge is 0.444 e. The van der Waals surface area contributed by atoms with Gasteiger partial charge in [-0.3, -0.25) is 4.99 Å². The van der Waals surface area contributed by atoms with Gasteiger partial charge in [-0.1, -0.05) is 24.3 Å². The van der Waals surface area contributed by atoms with Crippen LogP contribution in [0.25, 0.3) is 0 Å². The number of likely N-dealkylation sites (tertiary alicyclic amines) is 1. The standard InChI is InChI=1S/C21H30N4O2.HI/c1-21(2,3)27-20(26)25-11-14(12-25)24-19(22-4)23-10-17-16-9-13-7-5-6-8-15(13)18(16)17;/h5-8,14,16-18H,9-12H2,1-4H3,(H2,22,23,24);1H. The molecule has 3 unspecified atom stereocenters. The second-order valence-corrected chi connectivity index (χ2v) is 8.94. The summed E-state index contributed by atoms with van der Waals surface area (Å²) in [5.74, 6) is 3.04. The third-order valence-electron chi connectivity index (χ3n) is 5.80. The second kappa shape index (κ2) is 8.08. The molecule has 2 fully saturated rings. The van der Waals surface area contributed by atoms with E-state index in [0.29, 0.717) is 19.0 Å². The van der Waals surface area contributed by atoms with Crippen LogP contribution in [0.2, 0.25) is 0 Å². The van der Waals surface area contributed by atoms with E-state index in [1.54, 1.807) is 17.5 Å². The zero-order chi connectivity index (χ0) is 19.2. The Kier molecular flexibility index (Phi) is 6.12. The van der Waals surface area contributed by atoms with Gasteiger partial charge in [-0.25, -0.2) is 4.79 Å². The molecule has 3 atom stereocenters. The van der Waals surface area contributed by atoms with Crippen molar-refractivity contribution in [2.24, 2.45) is 16.8 Å². The predicted molar refractivity (Wildman–Crippen MR) is 121 cm³/mol. The van der Waals surface area contributed by atoms with Gasteiger partial charge in [0.15, 0.2) is 5.96 Å².